The number of aromatic nitrogens is 5. The van der Waals surface area contributed by atoms with Gasteiger partial charge < -0.3 is 9.80 Å². The number of anilines is 1. The predicted octanol–water partition coefficient (Wildman–Crippen LogP) is 2.62. The maximum absolute atomic E-state index is 13.3. The van der Waals surface area contributed by atoms with Crippen LogP contribution in [0.25, 0.3) is 5.65 Å². The van der Waals surface area contributed by atoms with Crippen molar-refractivity contribution in [3.05, 3.63) is 47.2 Å². The van der Waals surface area contributed by atoms with Gasteiger partial charge in [-0.15, -0.1) is 5.10 Å². The fraction of sp³-hybridized carbons (Fsp3) is 0.476. The Morgan fingerprint density at radius 2 is 1.93 bits per heavy atom. The Morgan fingerprint density at radius 1 is 1.10 bits per heavy atom. The molecule has 1 amide bonds. The highest BCUT2D eigenvalue weighted by atomic mass is 35.5. The van der Waals surface area contributed by atoms with E-state index >= 15 is 0 Å². The number of likely N-dealkylation sites (tertiary alicyclic amines) is 1. The van der Waals surface area contributed by atoms with Crippen LogP contribution in [0.1, 0.15) is 31.2 Å². The third-order valence-corrected chi connectivity index (χ3v) is 6.70. The molecule has 0 N–H and O–H groups in total. The summed E-state index contributed by atoms with van der Waals surface area (Å²) in [6.07, 6.45) is 8.02. The fourth-order valence-electron chi connectivity index (χ4n) is 4.72. The summed E-state index contributed by atoms with van der Waals surface area (Å²) < 4.78 is 1.70. The van der Waals surface area contributed by atoms with E-state index in [-0.39, 0.29) is 12.0 Å². The average Bonchev–Trinajstić information content (AvgIpc) is 3.44. The van der Waals surface area contributed by atoms with Crippen LogP contribution in [0.15, 0.2) is 36.7 Å². The van der Waals surface area contributed by atoms with Crippen molar-refractivity contribution >= 4 is 29.0 Å². The highest BCUT2D eigenvalue weighted by Crippen LogP contribution is 2.30. The van der Waals surface area contributed by atoms with E-state index in [0.717, 1.165) is 68.1 Å². The molecule has 8 nitrogen and oxygen atoms in total. The number of benzene rings is 1. The Labute approximate surface area is 179 Å². The summed E-state index contributed by atoms with van der Waals surface area (Å²) in [5.74, 6) is 1.23. The number of piperidine rings is 1. The van der Waals surface area contributed by atoms with Crippen molar-refractivity contribution in [2.45, 2.75) is 38.1 Å². The van der Waals surface area contributed by atoms with Gasteiger partial charge in [-0.3, -0.25) is 9.78 Å². The molecule has 5 rings (SSSR count). The minimum atomic E-state index is 0.0640. The van der Waals surface area contributed by atoms with Crippen LogP contribution in [0.2, 0.25) is 5.02 Å². The van der Waals surface area contributed by atoms with Gasteiger partial charge in [0.05, 0.1) is 12.4 Å². The standard InChI is InChI=1S/C21H24ClN7O/c22-18-6-2-1-4-16(18)12-17-5-3-9-28(17)21(30)15-7-10-27(11-8-15)20-14-23-13-19-24-25-26-29(19)20/h1-2,4,6,13-15,17H,3,5,7-12H2. The maximum atomic E-state index is 13.3. The summed E-state index contributed by atoms with van der Waals surface area (Å²) in [5.41, 5.74) is 1.76. The molecule has 1 unspecified atom stereocenters. The molecule has 2 fully saturated rings. The quantitative estimate of drug-likeness (QED) is 0.639. The highest BCUT2D eigenvalue weighted by molar-refractivity contribution is 6.31. The van der Waals surface area contributed by atoms with Crippen molar-refractivity contribution in [2.24, 2.45) is 5.92 Å². The number of hydrogen-bond donors (Lipinski definition) is 0. The predicted molar refractivity (Wildman–Crippen MR) is 113 cm³/mol. The molecule has 2 saturated heterocycles. The second-order valence-electron chi connectivity index (χ2n) is 8.10. The summed E-state index contributed by atoms with van der Waals surface area (Å²) in [4.78, 5) is 21.9. The van der Waals surface area contributed by atoms with Gasteiger partial charge in [-0.05, 0) is 54.2 Å². The molecule has 0 spiro atoms. The first kappa shape index (κ1) is 19.2. The van der Waals surface area contributed by atoms with Gasteiger partial charge in [0.2, 0.25) is 5.91 Å². The van der Waals surface area contributed by atoms with Gasteiger partial charge in [-0.25, -0.2) is 0 Å². The van der Waals surface area contributed by atoms with Gasteiger partial charge in [-0.2, -0.15) is 4.52 Å². The molecule has 0 bridgehead atoms. The van der Waals surface area contributed by atoms with Crippen LogP contribution >= 0.6 is 11.6 Å². The number of rotatable bonds is 4. The lowest BCUT2D eigenvalue weighted by atomic mass is 9.94. The lowest BCUT2D eigenvalue weighted by Gasteiger charge is -2.35. The number of carbonyl (C=O) groups excluding carboxylic acids is 1. The van der Waals surface area contributed by atoms with E-state index < -0.39 is 0 Å². The van der Waals surface area contributed by atoms with Gasteiger partial charge in [-0.1, -0.05) is 29.8 Å². The normalized spacial score (nSPS) is 20.2. The first-order valence-corrected chi connectivity index (χ1v) is 10.9. The van der Waals surface area contributed by atoms with Crippen LogP contribution in [0.3, 0.4) is 0 Å². The van der Waals surface area contributed by atoms with E-state index in [1.807, 2.05) is 18.2 Å². The molecule has 156 valence electrons. The molecule has 2 aliphatic heterocycles. The van der Waals surface area contributed by atoms with Crippen LogP contribution in [0.4, 0.5) is 5.82 Å². The number of carbonyl (C=O) groups is 1. The third kappa shape index (κ3) is 3.60. The van der Waals surface area contributed by atoms with E-state index in [4.69, 9.17) is 11.6 Å². The lowest BCUT2D eigenvalue weighted by molar-refractivity contribution is -0.137. The molecule has 4 heterocycles. The topological polar surface area (TPSA) is 79.5 Å². The van der Waals surface area contributed by atoms with Crippen molar-refractivity contribution in [1.29, 1.82) is 0 Å². The van der Waals surface area contributed by atoms with Gasteiger partial charge in [0.15, 0.2) is 11.5 Å². The molecule has 3 aromatic rings. The van der Waals surface area contributed by atoms with E-state index in [0.29, 0.717) is 11.6 Å². The summed E-state index contributed by atoms with van der Waals surface area (Å²) in [5, 5.41) is 12.5. The summed E-state index contributed by atoms with van der Waals surface area (Å²) in [6.45, 7) is 2.43. The van der Waals surface area contributed by atoms with Gasteiger partial charge in [0.25, 0.3) is 0 Å². The Balaban J connectivity index is 1.24. The van der Waals surface area contributed by atoms with Crippen LogP contribution in [0.5, 0.6) is 0 Å². The molecule has 1 atom stereocenters. The van der Waals surface area contributed by atoms with E-state index in [1.165, 1.54) is 0 Å². The largest absolute Gasteiger partial charge is 0.355 e. The summed E-state index contributed by atoms with van der Waals surface area (Å²) >= 11 is 6.36. The molecular formula is C21H24ClN7O. The number of fused-ring (bicyclic) bond motifs is 1. The molecule has 1 aromatic carbocycles. The number of hydrogen-bond acceptors (Lipinski definition) is 6. The minimum absolute atomic E-state index is 0.0640. The van der Waals surface area contributed by atoms with E-state index in [2.05, 4.69) is 36.4 Å². The molecule has 9 heteroatoms. The monoisotopic (exact) mass is 425 g/mol. The van der Waals surface area contributed by atoms with Gasteiger partial charge in [0.1, 0.15) is 0 Å². The number of tetrazole rings is 1. The van der Waals surface area contributed by atoms with Crippen molar-refractivity contribution in [2.75, 3.05) is 24.5 Å². The number of halogens is 1. The average molecular weight is 426 g/mol. The van der Waals surface area contributed by atoms with Crippen molar-refractivity contribution in [3.63, 3.8) is 0 Å². The second-order valence-corrected chi connectivity index (χ2v) is 8.51. The fourth-order valence-corrected chi connectivity index (χ4v) is 4.94. The van der Waals surface area contributed by atoms with Crippen molar-refractivity contribution in [1.82, 2.24) is 29.9 Å². The number of amides is 1. The SMILES string of the molecule is O=C(C1CCN(c2cncc3nnnn23)CC1)N1CCCC1Cc1ccccc1Cl. The molecular weight excluding hydrogens is 402 g/mol. The van der Waals surface area contributed by atoms with E-state index in [1.54, 1.807) is 16.9 Å². The van der Waals surface area contributed by atoms with Gasteiger partial charge >= 0.3 is 0 Å². The van der Waals surface area contributed by atoms with Crippen LogP contribution in [-0.2, 0) is 11.2 Å². The smallest absolute Gasteiger partial charge is 0.226 e. The summed E-state index contributed by atoms with van der Waals surface area (Å²) in [6, 6.07) is 8.19. The number of nitrogens with zero attached hydrogens (tertiary/aromatic N) is 7. The Bertz CT molecular complexity index is 1050. The third-order valence-electron chi connectivity index (χ3n) is 6.33. The Kier molecular flexibility index (Phi) is 5.25. The second kappa shape index (κ2) is 8.18. The minimum Gasteiger partial charge on any atom is -0.355 e. The molecule has 2 aromatic heterocycles. The first-order chi connectivity index (χ1) is 14.7. The summed E-state index contributed by atoms with van der Waals surface area (Å²) in [7, 11) is 0. The lowest BCUT2D eigenvalue weighted by Crippen LogP contribution is -2.45. The van der Waals surface area contributed by atoms with Crippen molar-refractivity contribution in [3.8, 4) is 0 Å². The van der Waals surface area contributed by atoms with Crippen LogP contribution < -0.4 is 4.90 Å². The zero-order valence-electron chi connectivity index (χ0n) is 16.7. The maximum Gasteiger partial charge on any atom is 0.226 e. The van der Waals surface area contributed by atoms with Crippen LogP contribution in [-0.4, -0.2) is 61.5 Å². The zero-order chi connectivity index (χ0) is 20.5. The Morgan fingerprint density at radius 3 is 2.77 bits per heavy atom. The molecule has 0 aliphatic carbocycles. The molecule has 0 radical (unpaired) electrons. The molecule has 0 saturated carbocycles. The first-order valence-electron chi connectivity index (χ1n) is 10.5. The zero-order valence-corrected chi connectivity index (χ0v) is 17.4. The van der Waals surface area contributed by atoms with Crippen molar-refractivity contribution < 1.29 is 4.79 Å². The Hall–Kier alpha value is -2.74. The molecule has 2 aliphatic rings. The molecule has 30 heavy (non-hydrogen) atoms. The highest BCUT2D eigenvalue weighted by Gasteiger charge is 2.35. The van der Waals surface area contributed by atoms with Gasteiger partial charge in [0, 0.05) is 36.6 Å². The van der Waals surface area contributed by atoms with Crippen LogP contribution in [0, 0.1) is 5.92 Å². The van der Waals surface area contributed by atoms with E-state index in [9.17, 15) is 4.79 Å².